The van der Waals surface area contributed by atoms with Crippen molar-refractivity contribution in [2.24, 2.45) is 5.41 Å². The molecule has 4 aromatic rings. The van der Waals surface area contributed by atoms with Crippen molar-refractivity contribution < 1.29 is 14.6 Å². The fourth-order valence-corrected chi connectivity index (χ4v) is 6.53. The Bertz CT molecular complexity index is 1580. The third-order valence-electron chi connectivity index (χ3n) is 7.36. The maximum atomic E-state index is 11.9. The second-order valence-corrected chi connectivity index (χ2v) is 12.7. The van der Waals surface area contributed by atoms with Crippen LogP contribution < -0.4 is 9.64 Å². The van der Waals surface area contributed by atoms with Gasteiger partial charge in [0, 0.05) is 31.5 Å². The van der Waals surface area contributed by atoms with E-state index in [0.717, 1.165) is 58.4 Å². The van der Waals surface area contributed by atoms with Crippen LogP contribution >= 0.6 is 22.9 Å². The molecule has 206 valence electrons. The average molecular weight is 577 g/mol. The number of ether oxygens (including phenoxy) is 1. The zero-order valence-corrected chi connectivity index (χ0v) is 24.0. The van der Waals surface area contributed by atoms with E-state index < -0.39 is 23.0 Å². The lowest BCUT2D eigenvalue weighted by Crippen LogP contribution is -2.48. The van der Waals surface area contributed by atoms with Gasteiger partial charge in [0.05, 0.1) is 16.1 Å². The van der Waals surface area contributed by atoms with Crippen molar-refractivity contribution in [2.45, 2.75) is 45.3 Å². The van der Waals surface area contributed by atoms with E-state index >= 15 is 0 Å². The van der Waals surface area contributed by atoms with E-state index in [1.165, 1.54) is 16.1 Å². The summed E-state index contributed by atoms with van der Waals surface area (Å²) in [6, 6.07) is 15.2. The zero-order valence-electron chi connectivity index (χ0n) is 22.4. The summed E-state index contributed by atoms with van der Waals surface area (Å²) >= 11 is 8.12. The van der Waals surface area contributed by atoms with Gasteiger partial charge in [0.25, 0.3) is 0 Å². The Morgan fingerprint density at radius 2 is 1.88 bits per heavy atom. The van der Waals surface area contributed by atoms with Gasteiger partial charge in [-0.2, -0.15) is 0 Å². The van der Waals surface area contributed by atoms with Crippen molar-refractivity contribution in [3.63, 3.8) is 0 Å². The van der Waals surface area contributed by atoms with Crippen molar-refractivity contribution in [2.75, 3.05) is 18.0 Å². The molecule has 0 saturated carbocycles. The third-order valence-corrected chi connectivity index (χ3v) is 8.73. The highest BCUT2D eigenvalue weighted by Gasteiger charge is 2.40. The van der Waals surface area contributed by atoms with Gasteiger partial charge in [-0.1, -0.05) is 80.1 Å². The van der Waals surface area contributed by atoms with Gasteiger partial charge in [0.15, 0.2) is 11.2 Å². The number of piperidine rings is 1. The minimum absolute atomic E-state index is 0.368. The number of halogens is 1. The van der Waals surface area contributed by atoms with Gasteiger partial charge in [0.1, 0.15) is 11.4 Å². The molecule has 1 fully saturated rings. The van der Waals surface area contributed by atoms with Crippen LogP contribution in [0.2, 0.25) is 5.02 Å². The number of anilines is 1. The average Bonchev–Trinajstić information content (AvgIpc) is 3.59. The van der Waals surface area contributed by atoms with Gasteiger partial charge >= 0.3 is 5.97 Å². The van der Waals surface area contributed by atoms with Gasteiger partial charge in [-0.05, 0) is 40.0 Å². The first-order chi connectivity index (χ1) is 19.1. The molecule has 1 spiro atoms. The molecular formula is C29H29ClN6O3S. The monoisotopic (exact) mass is 576 g/mol. The minimum atomic E-state index is -0.997. The summed E-state index contributed by atoms with van der Waals surface area (Å²) < 4.78 is 6.64. The fraction of sp³-hybridized carbons (Fsp3) is 0.345. The Morgan fingerprint density at radius 3 is 2.58 bits per heavy atom. The molecule has 2 aromatic heterocycles. The third kappa shape index (κ3) is 4.86. The number of rotatable bonds is 5. The highest BCUT2D eigenvalue weighted by Crippen LogP contribution is 2.46. The Balaban J connectivity index is 1.22. The lowest BCUT2D eigenvalue weighted by molar-refractivity contribution is -0.145. The topological polar surface area (TPSA) is 106 Å². The summed E-state index contributed by atoms with van der Waals surface area (Å²) in [7, 11) is 0. The smallest absolute Gasteiger partial charge is 0.331 e. The Morgan fingerprint density at radius 1 is 1.12 bits per heavy atom. The molecule has 4 heterocycles. The highest BCUT2D eigenvalue weighted by atomic mass is 35.5. The second-order valence-electron chi connectivity index (χ2n) is 11.2. The van der Waals surface area contributed by atoms with Crippen LogP contribution in [0.1, 0.15) is 50.8 Å². The van der Waals surface area contributed by atoms with Gasteiger partial charge in [-0.3, -0.25) is 0 Å². The number of aliphatic carboxylic acids is 1. The number of nitrogens with zero attached hydrogens (tertiary/aromatic N) is 6. The Hall–Kier alpha value is -3.76. The van der Waals surface area contributed by atoms with Gasteiger partial charge in [-0.15, -0.1) is 15.0 Å². The molecule has 1 saturated heterocycles. The first kappa shape index (κ1) is 26.5. The van der Waals surface area contributed by atoms with E-state index in [1.807, 2.05) is 57.2 Å². The summed E-state index contributed by atoms with van der Waals surface area (Å²) in [5.74, 6) is 0.179. The minimum Gasteiger partial charge on any atom is -0.482 e. The van der Waals surface area contributed by atoms with Crippen LogP contribution in [-0.2, 0) is 4.79 Å². The molecule has 1 atom stereocenters. The van der Waals surface area contributed by atoms with Crippen molar-refractivity contribution >= 4 is 39.6 Å². The predicted molar refractivity (Wildman–Crippen MR) is 155 cm³/mol. The number of aromatic nitrogens is 5. The van der Waals surface area contributed by atoms with Crippen LogP contribution in [0.5, 0.6) is 5.75 Å². The molecule has 2 aromatic carbocycles. The van der Waals surface area contributed by atoms with Crippen LogP contribution in [0.4, 0.5) is 5.13 Å². The SMILES string of the molecule is CC(C)(C)C(C(=O)O)n1nnc(-c2cnc(N3CCC4(C=C(c5ccccc5)c5c(Cl)cccc5O4)CC3)s2)n1. The molecule has 40 heavy (non-hydrogen) atoms. The van der Waals surface area contributed by atoms with E-state index in [-0.39, 0.29) is 0 Å². The number of carboxylic acids is 1. The number of fused-ring (bicyclic) bond motifs is 1. The zero-order chi connectivity index (χ0) is 28.1. The molecule has 0 radical (unpaired) electrons. The van der Waals surface area contributed by atoms with Crippen LogP contribution in [0.25, 0.3) is 16.3 Å². The number of carbonyl (C=O) groups is 1. The summed E-state index contributed by atoms with van der Waals surface area (Å²) in [4.78, 5) is 20.7. The molecule has 1 unspecified atom stereocenters. The van der Waals surface area contributed by atoms with Gasteiger partial charge in [-0.25, -0.2) is 9.78 Å². The van der Waals surface area contributed by atoms with Gasteiger partial charge < -0.3 is 14.7 Å². The molecule has 9 nitrogen and oxygen atoms in total. The lowest BCUT2D eigenvalue weighted by atomic mass is 9.83. The van der Waals surface area contributed by atoms with E-state index in [9.17, 15) is 9.90 Å². The summed E-state index contributed by atoms with van der Waals surface area (Å²) in [5, 5.41) is 23.8. The van der Waals surface area contributed by atoms with E-state index in [2.05, 4.69) is 43.5 Å². The summed E-state index contributed by atoms with van der Waals surface area (Å²) in [6.45, 7) is 7.02. The van der Waals surface area contributed by atoms with Gasteiger partial charge in [0.2, 0.25) is 5.82 Å². The maximum absolute atomic E-state index is 11.9. The van der Waals surface area contributed by atoms with Crippen molar-refractivity contribution in [3.8, 4) is 16.5 Å². The lowest BCUT2D eigenvalue weighted by Gasteiger charge is -2.43. The van der Waals surface area contributed by atoms with Crippen LogP contribution in [0.3, 0.4) is 0 Å². The molecule has 0 amide bonds. The molecule has 1 N–H and O–H groups in total. The molecule has 2 aliphatic heterocycles. The van der Waals surface area contributed by atoms with Crippen molar-refractivity contribution in [3.05, 3.63) is 77.0 Å². The summed E-state index contributed by atoms with van der Waals surface area (Å²) in [5.41, 5.74) is 2.13. The predicted octanol–water partition coefficient (Wildman–Crippen LogP) is 5.99. The Kier molecular flexibility index (Phi) is 6.62. The number of carboxylic acid groups (broad SMARTS) is 1. The first-order valence-electron chi connectivity index (χ1n) is 13.1. The molecule has 0 bridgehead atoms. The normalized spacial score (nSPS) is 17.2. The van der Waals surface area contributed by atoms with E-state index in [1.54, 1.807) is 6.20 Å². The fourth-order valence-electron chi connectivity index (χ4n) is 5.37. The molecule has 6 rings (SSSR count). The van der Waals surface area contributed by atoms with Crippen LogP contribution in [0, 0.1) is 5.41 Å². The number of benzene rings is 2. The first-order valence-corrected chi connectivity index (χ1v) is 14.3. The van der Waals surface area contributed by atoms with Crippen LogP contribution in [-0.4, -0.2) is 55.0 Å². The number of hydrogen-bond acceptors (Lipinski definition) is 8. The molecule has 11 heteroatoms. The number of hydrogen-bond donors (Lipinski definition) is 1. The molecule has 0 aliphatic carbocycles. The standard InChI is InChI=1S/C29H29ClN6O3S/c1-28(2,3)24(26(37)38)36-33-25(32-34-36)22-17-31-27(40-22)35-14-12-29(13-15-35)16-19(18-8-5-4-6-9-18)23-20(30)10-7-11-21(23)39-29/h4-11,16-17,24H,12-15H2,1-3H3,(H,37,38). The van der Waals surface area contributed by atoms with Crippen molar-refractivity contribution in [1.82, 2.24) is 25.2 Å². The van der Waals surface area contributed by atoms with E-state index in [4.69, 9.17) is 16.3 Å². The molecule has 2 aliphatic rings. The highest BCUT2D eigenvalue weighted by molar-refractivity contribution is 7.18. The largest absolute Gasteiger partial charge is 0.482 e. The summed E-state index contributed by atoms with van der Waals surface area (Å²) in [6.07, 6.45) is 5.54. The quantitative estimate of drug-likeness (QED) is 0.309. The Labute approximate surface area is 241 Å². The number of tetrazole rings is 1. The van der Waals surface area contributed by atoms with Crippen LogP contribution in [0.15, 0.2) is 60.8 Å². The molecular weight excluding hydrogens is 548 g/mol. The maximum Gasteiger partial charge on any atom is 0.331 e. The van der Waals surface area contributed by atoms with E-state index in [0.29, 0.717) is 10.8 Å². The number of thiazole rings is 1. The van der Waals surface area contributed by atoms with Crippen molar-refractivity contribution in [1.29, 1.82) is 0 Å². The second kappa shape index (κ2) is 10.0.